The molecule has 36 heavy (non-hydrogen) atoms. The first-order valence-corrected chi connectivity index (χ1v) is 12.3. The third kappa shape index (κ3) is 5.16. The third-order valence-corrected chi connectivity index (χ3v) is 7.14. The minimum absolute atomic E-state index is 0.0580. The lowest BCUT2D eigenvalue weighted by molar-refractivity contribution is -0.150. The number of rotatable bonds is 5. The van der Waals surface area contributed by atoms with Gasteiger partial charge in [-0.1, -0.05) is 12.1 Å². The van der Waals surface area contributed by atoms with Crippen molar-refractivity contribution in [3.05, 3.63) is 53.8 Å². The van der Waals surface area contributed by atoms with E-state index in [1.165, 1.54) is 12.1 Å². The summed E-state index contributed by atoms with van der Waals surface area (Å²) in [5.41, 5.74) is 1.51. The van der Waals surface area contributed by atoms with E-state index in [0.717, 1.165) is 18.7 Å². The summed E-state index contributed by atoms with van der Waals surface area (Å²) in [5.74, 6) is 0.112. The number of para-hydroxylation sites is 1. The number of benzene rings is 2. The monoisotopic (exact) mass is 498 g/mol. The molecule has 3 N–H and O–H groups in total. The highest BCUT2D eigenvalue weighted by molar-refractivity contribution is 5.99. The molecular weight excluding hydrogens is 467 g/mol. The summed E-state index contributed by atoms with van der Waals surface area (Å²) in [4.78, 5) is 29.4. The summed E-state index contributed by atoms with van der Waals surface area (Å²) < 4.78 is 26.1. The number of hydrogen-bond donors (Lipinski definition) is 3. The SMILES string of the molecule is CN1CCN(C(=O)C[C@@H]2C[C@@H]3c4cc(NC(=O)Nc5ccccc5F)ccc4O[C@@H]3[C@H](CO)O2)CC1. The first kappa shape index (κ1) is 24.5. The van der Waals surface area contributed by atoms with Gasteiger partial charge in [-0.25, -0.2) is 9.18 Å². The van der Waals surface area contributed by atoms with E-state index in [9.17, 15) is 19.1 Å². The number of hydrogen-bond acceptors (Lipinski definition) is 6. The van der Waals surface area contributed by atoms with Crippen LogP contribution in [-0.4, -0.2) is 85.0 Å². The molecule has 0 bridgehead atoms. The minimum atomic E-state index is -0.564. The zero-order chi connectivity index (χ0) is 25.2. The zero-order valence-electron chi connectivity index (χ0n) is 20.2. The number of anilines is 2. The Labute approximate surface area is 209 Å². The number of likely N-dealkylation sites (N-methyl/N-ethyl adjacent to an activating group) is 1. The Kier molecular flexibility index (Phi) is 7.08. The number of fused-ring (bicyclic) bond motifs is 3. The highest BCUT2D eigenvalue weighted by Crippen LogP contribution is 2.47. The summed E-state index contributed by atoms with van der Waals surface area (Å²) in [7, 11) is 2.04. The largest absolute Gasteiger partial charge is 0.487 e. The van der Waals surface area contributed by atoms with Crippen molar-refractivity contribution >= 4 is 23.3 Å². The molecule has 0 unspecified atom stereocenters. The van der Waals surface area contributed by atoms with Crippen LogP contribution in [0.1, 0.15) is 24.3 Å². The van der Waals surface area contributed by atoms with Crippen LogP contribution in [-0.2, 0) is 9.53 Å². The molecule has 0 radical (unpaired) electrons. The Morgan fingerprint density at radius 1 is 1.11 bits per heavy atom. The lowest BCUT2D eigenvalue weighted by atomic mass is 9.84. The highest BCUT2D eigenvalue weighted by Gasteiger charge is 2.46. The summed E-state index contributed by atoms with van der Waals surface area (Å²) in [6.45, 7) is 2.89. The van der Waals surface area contributed by atoms with Gasteiger partial charge in [0.25, 0.3) is 0 Å². The van der Waals surface area contributed by atoms with E-state index in [0.29, 0.717) is 30.9 Å². The summed E-state index contributed by atoms with van der Waals surface area (Å²) >= 11 is 0. The van der Waals surface area contributed by atoms with Crippen LogP contribution >= 0.6 is 0 Å². The zero-order valence-corrected chi connectivity index (χ0v) is 20.2. The van der Waals surface area contributed by atoms with Gasteiger partial charge in [-0.05, 0) is 43.8 Å². The number of aliphatic hydroxyl groups excluding tert-OH is 1. The molecule has 2 aromatic rings. The predicted molar refractivity (Wildman–Crippen MR) is 132 cm³/mol. The van der Waals surface area contributed by atoms with Crippen LogP contribution in [0.5, 0.6) is 5.75 Å². The fourth-order valence-electron chi connectivity index (χ4n) is 5.19. The molecule has 192 valence electrons. The van der Waals surface area contributed by atoms with Gasteiger partial charge in [0.15, 0.2) is 0 Å². The van der Waals surface area contributed by atoms with Crippen LogP contribution in [0.4, 0.5) is 20.6 Å². The second-order valence-corrected chi connectivity index (χ2v) is 9.60. The molecule has 2 aromatic carbocycles. The molecule has 3 aliphatic rings. The average molecular weight is 499 g/mol. The van der Waals surface area contributed by atoms with Crippen molar-refractivity contribution in [3.63, 3.8) is 0 Å². The number of carbonyl (C=O) groups excluding carboxylic acids is 2. The van der Waals surface area contributed by atoms with E-state index < -0.39 is 18.0 Å². The van der Waals surface area contributed by atoms with Gasteiger partial charge < -0.3 is 35.0 Å². The molecule has 0 aliphatic carbocycles. The van der Waals surface area contributed by atoms with Crippen molar-refractivity contribution in [1.82, 2.24) is 9.80 Å². The number of nitrogens with one attached hydrogen (secondary N) is 2. The maximum Gasteiger partial charge on any atom is 0.323 e. The molecule has 0 spiro atoms. The maximum absolute atomic E-state index is 13.9. The standard InChI is InChI=1S/C26H31FN4O5/c1-30-8-10-31(11-9-30)24(33)14-17-13-19-18-12-16(6-7-22(18)36-25(19)23(15-32)35-17)28-26(34)29-21-5-3-2-4-20(21)27/h2-7,12,17,19,23,25,32H,8-11,13-15H2,1H3,(H2,28,29,34)/t17-,19+,23-,25-/m0/s1. The van der Waals surface area contributed by atoms with Crippen LogP contribution < -0.4 is 15.4 Å². The molecule has 10 heteroatoms. The van der Waals surface area contributed by atoms with Gasteiger partial charge in [0.1, 0.15) is 23.8 Å². The molecule has 2 fully saturated rings. The van der Waals surface area contributed by atoms with Crippen molar-refractivity contribution in [2.24, 2.45) is 0 Å². The summed E-state index contributed by atoms with van der Waals surface area (Å²) in [5, 5.41) is 15.2. The van der Waals surface area contributed by atoms with Gasteiger partial charge in [-0.15, -0.1) is 0 Å². The van der Waals surface area contributed by atoms with Crippen molar-refractivity contribution in [2.45, 2.75) is 37.1 Å². The lowest BCUT2D eigenvalue weighted by Gasteiger charge is -2.38. The number of piperazine rings is 1. The van der Waals surface area contributed by atoms with Gasteiger partial charge in [-0.2, -0.15) is 0 Å². The molecule has 0 aromatic heterocycles. The van der Waals surface area contributed by atoms with E-state index in [2.05, 4.69) is 15.5 Å². The summed E-state index contributed by atoms with van der Waals surface area (Å²) in [6.07, 6.45) is -0.448. The lowest BCUT2D eigenvalue weighted by Crippen LogP contribution is -2.50. The number of urea groups is 1. The highest BCUT2D eigenvalue weighted by atomic mass is 19.1. The first-order chi connectivity index (χ1) is 17.4. The second kappa shape index (κ2) is 10.4. The molecule has 3 heterocycles. The van der Waals surface area contributed by atoms with Gasteiger partial charge >= 0.3 is 6.03 Å². The van der Waals surface area contributed by atoms with Crippen molar-refractivity contribution in [1.29, 1.82) is 0 Å². The normalized spacial score (nSPS) is 25.5. The quantitative estimate of drug-likeness (QED) is 0.586. The molecule has 3 aliphatic heterocycles. The predicted octanol–water partition coefficient (Wildman–Crippen LogP) is 2.63. The summed E-state index contributed by atoms with van der Waals surface area (Å²) in [6, 6.07) is 10.7. The topological polar surface area (TPSA) is 103 Å². The Balaban J connectivity index is 1.27. The molecular formula is C26H31FN4O5. The Morgan fingerprint density at radius 2 is 1.89 bits per heavy atom. The van der Waals surface area contributed by atoms with Gasteiger partial charge in [-0.3, -0.25) is 4.79 Å². The van der Waals surface area contributed by atoms with E-state index in [1.54, 1.807) is 24.3 Å². The van der Waals surface area contributed by atoms with Crippen LogP contribution in [0.25, 0.3) is 0 Å². The molecule has 0 saturated carbocycles. The van der Waals surface area contributed by atoms with Crippen LogP contribution in [0.15, 0.2) is 42.5 Å². The number of amides is 3. The fraction of sp³-hybridized carbons (Fsp3) is 0.462. The molecule has 5 rings (SSSR count). The van der Waals surface area contributed by atoms with Gasteiger partial charge in [0.05, 0.1) is 24.8 Å². The number of nitrogens with zero attached hydrogens (tertiary/aromatic N) is 2. The molecule has 9 nitrogen and oxygen atoms in total. The first-order valence-electron chi connectivity index (χ1n) is 12.3. The molecule has 3 amide bonds. The van der Waals surface area contributed by atoms with Crippen LogP contribution in [0, 0.1) is 5.82 Å². The van der Waals surface area contributed by atoms with Gasteiger partial charge in [0.2, 0.25) is 5.91 Å². The molecule has 4 atom stereocenters. The maximum atomic E-state index is 13.9. The Hall–Kier alpha value is -3.21. The van der Waals surface area contributed by atoms with Crippen LogP contribution in [0.2, 0.25) is 0 Å². The minimum Gasteiger partial charge on any atom is -0.487 e. The smallest absolute Gasteiger partial charge is 0.323 e. The second-order valence-electron chi connectivity index (χ2n) is 9.60. The van der Waals surface area contributed by atoms with Crippen molar-refractivity contribution in [3.8, 4) is 5.75 Å². The van der Waals surface area contributed by atoms with Gasteiger partial charge in [0, 0.05) is 43.3 Å². The average Bonchev–Trinajstić information content (AvgIpc) is 3.23. The fourth-order valence-corrected chi connectivity index (χ4v) is 5.19. The van der Waals surface area contributed by atoms with Crippen molar-refractivity contribution in [2.75, 3.05) is 50.5 Å². The van der Waals surface area contributed by atoms with E-state index in [4.69, 9.17) is 9.47 Å². The Morgan fingerprint density at radius 3 is 2.64 bits per heavy atom. The molecule has 2 saturated heterocycles. The Bertz CT molecular complexity index is 1120. The van der Waals surface area contributed by atoms with Crippen molar-refractivity contribution < 1.29 is 28.6 Å². The van der Waals surface area contributed by atoms with E-state index in [1.807, 2.05) is 18.0 Å². The number of ether oxygens (including phenoxy) is 2. The number of carbonyl (C=O) groups is 2. The van der Waals surface area contributed by atoms with E-state index in [-0.39, 0.29) is 42.7 Å². The number of aliphatic hydroxyl groups is 1. The number of halogens is 1. The third-order valence-electron chi connectivity index (χ3n) is 7.14. The van der Waals surface area contributed by atoms with E-state index >= 15 is 0 Å². The van der Waals surface area contributed by atoms with Crippen LogP contribution in [0.3, 0.4) is 0 Å².